The largest absolute Gasteiger partial charge is 0.394 e. The maximum atomic E-state index is 14.7. The molecule has 2 fully saturated rings. The number of rotatable bonds is 6. The van der Waals surface area contributed by atoms with Crippen LogP contribution >= 0.6 is 11.6 Å². The van der Waals surface area contributed by atoms with Gasteiger partial charge in [-0.15, -0.1) is 0 Å². The van der Waals surface area contributed by atoms with E-state index in [0.29, 0.717) is 35.8 Å². The molecule has 1 aliphatic carbocycles. The third-order valence-corrected chi connectivity index (χ3v) is 8.92. The van der Waals surface area contributed by atoms with Gasteiger partial charge in [0.25, 0.3) is 0 Å². The van der Waals surface area contributed by atoms with E-state index in [2.05, 4.69) is 30.8 Å². The molecule has 2 aromatic heterocycles. The maximum Gasteiger partial charge on any atom is 0.177 e. The number of aromatic amines is 1. The second-order valence-electron chi connectivity index (χ2n) is 10.3. The zero-order valence-corrected chi connectivity index (χ0v) is 21.3. The Morgan fingerprint density at radius 3 is 2.89 bits per heavy atom. The van der Waals surface area contributed by atoms with E-state index in [0.717, 1.165) is 58.7 Å². The van der Waals surface area contributed by atoms with Crippen LogP contribution in [0.1, 0.15) is 12.0 Å². The molecule has 1 saturated heterocycles. The van der Waals surface area contributed by atoms with Crippen molar-refractivity contribution >= 4 is 34.0 Å². The highest BCUT2D eigenvalue weighted by Gasteiger charge is 2.66. The van der Waals surface area contributed by atoms with Crippen LogP contribution < -0.4 is 16.4 Å². The number of likely N-dealkylation sites (tertiary alicyclic amines) is 1. The molecular weight excluding hydrogens is 507 g/mol. The van der Waals surface area contributed by atoms with Crippen LogP contribution in [0.4, 0.5) is 15.9 Å². The van der Waals surface area contributed by atoms with Gasteiger partial charge in [0.05, 0.1) is 29.4 Å². The predicted molar refractivity (Wildman–Crippen MR) is 145 cm³/mol. The monoisotopic (exact) mass is 534 g/mol. The van der Waals surface area contributed by atoms with E-state index in [-0.39, 0.29) is 17.8 Å². The highest BCUT2D eigenvalue weighted by molar-refractivity contribution is 6.38. The van der Waals surface area contributed by atoms with Gasteiger partial charge in [-0.25, -0.2) is 4.39 Å². The van der Waals surface area contributed by atoms with Gasteiger partial charge in [0, 0.05) is 48.4 Å². The lowest BCUT2D eigenvalue weighted by molar-refractivity contribution is 0.270. The van der Waals surface area contributed by atoms with Gasteiger partial charge in [0.2, 0.25) is 0 Å². The number of aliphatic hydroxyl groups is 1. The van der Waals surface area contributed by atoms with E-state index in [4.69, 9.17) is 17.3 Å². The lowest BCUT2D eigenvalue weighted by Crippen LogP contribution is -2.35. The van der Waals surface area contributed by atoms with E-state index in [1.807, 2.05) is 36.7 Å². The number of nitrogens with zero attached hydrogens (tertiary/aromatic N) is 4. The molecule has 0 amide bonds. The summed E-state index contributed by atoms with van der Waals surface area (Å²) in [6, 6.07) is 10.9. The van der Waals surface area contributed by atoms with Crippen molar-refractivity contribution in [2.75, 3.05) is 36.9 Å². The van der Waals surface area contributed by atoms with Crippen LogP contribution in [-0.2, 0) is 12.0 Å². The summed E-state index contributed by atoms with van der Waals surface area (Å²) < 4.78 is 16.4. The highest BCUT2D eigenvalue weighted by Crippen LogP contribution is 2.63. The summed E-state index contributed by atoms with van der Waals surface area (Å²) in [5.41, 5.74) is 9.87. The predicted octanol–water partition coefficient (Wildman–Crippen LogP) is 3.70. The third-order valence-electron chi connectivity index (χ3n) is 8.52. The minimum absolute atomic E-state index is 0.00550. The van der Waals surface area contributed by atoms with Crippen LogP contribution in [0.3, 0.4) is 0 Å². The zero-order valence-electron chi connectivity index (χ0n) is 20.6. The van der Waals surface area contributed by atoms with Crippen LogP contribution in [0.15, 0.2) is 54.6 Å². The second kappa shape index (κ2) is 8.72. The molecule has 11 heteroatoms. The quantitative estimate of drug-likeness (QED) is 0.256. The number of benzene rings is 2. The molecule has 0 spiro atoms. The average molecular weight is 535 g/mol. The number of nitrogens with one attached hydrogen (secondary N) is 3. The van der Waals surface area contributed by atoms with Gasteiger partial charge >= 0.3 is 0 Å². The molecule has 2 aliphatic heterocycles. The van der Waals surface area contributed by atoms with Gasteiger partial charge in [-0.1, -0.05) is 29.8 Å². The van der Waals surface area contributed by atoms with Crippen LogP contribution in [-0.4, -0.2) is 56.2 Å². The summed E-state index contributed by atoms with van der Waals surface area (Å²) in [7, 11) is 0. The molecule has 38 heavy (non-hydrogen) atoms. The first-order valence-electron chi connectivity index (χ1n) is 12.8. The lowest BCUT2D eigenvalue weighted by Gasteiger charge is -2.32. The molecule has 6 N–H and O–H groups in total. The smallest absolute Gasteiger partial charge is 0.177 e. The molecule has 7 rings (SSSR count). The number of halogens is 2. The van der Waals surface area contributed by atoms with Crippen molar-refractivity contribution in [1.82, 2.24) is 24.9 Å². The number of piperidine rings is 1. The lowest BCUT2D eigenvalue weighted by atomic mass is 9.91. The number of aliphatic hydroxyl groups excluding tert-OH is 1. The van der Waals surface area contributed by atoms with E-state index in [1.165, 1.54) is 6.07 Å². The van der Waals surface area contributed by atoms with Gasteiger partial charge in [-0.3, -0.25) is 9.78 Å². The summed E-state index contributed by atoms with van der Waals surface area (Å²) in [6.07, 6.45) is 4.74. The minimum atomic E-state index is -0.298. The second-order valence-corrected chi connectivity index (χ2v) is 10.6. The van der Waals surface area contributed by atoms with E-state index >= 15 is 0 Å². The molecule has 0 radical (unpaired) electrons. The van der Waals surface area contributed by atoms with E-state index in [1.54, 1.807) is 10.7 Å². The number of hydrogen-bond donors (Lipinski definition) is 5. The first-order valence-corrected chi connectivity index (χ1v) is 13.2. The fourth-order valence-corrected chi connectivity index (χ4v) is 6.91. The number of hydrogen-bond acceptors (Lipinski definition) is 7. The number of aromatic nitrogens is 4. The Hall–Kier alpha value is -3.60. The molecule has 3 aliphatic rings. The third kappa shape index (κ3) is 3.37. The van der Waals surface area contributed by atoms with Crippen molar-refractivity contribution in [1.29, 1.82) is 0 Å². The Balaban J connectivity index is 1.12. The number of H-pyrrole nitrogens is 1. The van der Waals surface area contributed by atoms with Crippen molar-refractivity contribution < 1.29 is 9.50 Å². The first kappa shape index (κ1) is 23.5. The van der Waals surface area contributed by atoms with Crippen LogP contribution in [0.25, 0.3) is 22.2 Å². The normalized spacial score (nSPS) is 23.9. The Labute approximate surface area is 223 Å². The molecule has 196 valence electrons. The van der Waals surface area contributed by atoms with Crippen LogP contribution in [0, 0.1) is 17.7 Å². The Kier molecular flexibility index (Phi) is 5.40. The zero-order chi connectivity index (χ0) is 26.0. The van der Waals surface area contributed by atoms with E-state index < -0.39 is 0 Å². The van der Waals surface area contributed by atoms with Crippen molar-refractivity contribution in [3.63, 3.8) is 0 Å². The van der Waals surface area contributed by atoms with Crippen LogP contribution in [0.2, 0.25) is 5.02 Å². The Morgan fingerprint density at radius 1 is 1.21 bits per heavy atom. The SMILES string of the molecule is NC[C@]1(c2ccccc2F)[C@@H]2CCN(C3=CNc4c(n[nH]c4-c4ccc5nn(CCO)cc5c4Cl)N3)C[C@@H]21. The molecule has 4 aromatic rings. The average Bonchev–Trinajstić information content (AvgIpc) is 3.19. The number of fused-ring (bicyclic) bond motifs is 3. The molecule has 1 saturated carbocycles. The van der Waals surface area contributed by atoms with Crippen molar-refractivity contribution in [2.24, 2.45) is 17.6 Å². The maximum absolute atomic E-state index is 14.7. The summed E-state index contributed by atoms with van der Waals surface area (Å²) in [6.45, 7) is 2.50. The summed E-state index contributed by atoms with van der Waals surface area (Å²) in [4.78, 5) is 2.29. The molecule has 4 heterocycles. The molecule has 2 aromatic carbocycles. The van der Waals surface area contributed by atoms with Gasteiger partial charge in [0.15, 0.2) is 5.82 Å². The number of anilines is 2. The summed E-state index contributed by atoms with van der Waals surface area (Å²) in [5.74, 6) is 2.13. The summed E-state index contributed by atoms with van der Waals surface area (Å²) >= 11 is 6.79. The van der Waals surface area contributed by atoms with Gasteiger partial charge in [-0.05, 0) is 42.0 Å². The highest BCUT2D eigenvalue weighted by atomic mass is 35.5. The van der Waals surface area contributed by atoms with Crippen molar-refractivity contribution in [3.05, 3.63) is 71.0 Å². The molecule has 3 atom stereocenters. The Bertz CT molecular complexity index is 1580. The molecular formula is C27H28ClFN8O. The first-order chi connectivity index (χ1) is 18.5. The molecule has 0 unspecified atom stereocenters. The van der Waals surface area contributed by atoms with Crippen LogP contribution in [0.5, 0.6) is 0 Å². The summed E-state index contributed by atoms with van der Waals surface area (Å²) in [5, 5.41) is 29.6. The van der Waals surface area contributed by atoms with Gasteiger partial charge in [0.1, 0.15) is 17.3 Å². The van der Waals surface area contributed by atoms with Crippen molar-refractivity contribution in [3.8, 4) is 11.3 Å². The van der Waals surface area contributed by atoms with Gasteiger partial charge in [-0.2, -0.15) is 10.2 Å². The number of nitrogens with two attached hydrogens (primary N) is 1. The molecule has 0 bridgehead atoms. The van der Waals surface area contributed by atoms with Crippen molar-refractivity contribution in [2.45, 2.75) is 18.4 Å². The standard InChI is InChI=1S/C27H28ClFN8O/c28-23-15(5-6-21-16(23)12-37(35-21)9-10-38)24-25-26(34-33-24)32-22(11-31-25)36-8-7-17-19(13-36)27(17,14-30)18-3-1-2-4-20(18)29/h1-6,11-12,17,19,31,38H,7-10,13-14,30H2,(H2,32,33,34)/t17-,19+,27-/m1/s1. The molecule has 9 nitrogen and oxygen atoms in total. The van der Waals surface area contributed by atoms with Gasteiger partial charge < -0.3 is 26.4 Å². The van der Waals surface area contributed by atoms with E-state index in [9.17, 15) is 9.50 Å². The fourth-order valence-electron chi connectivity index (χ4n) is 6.60. The minimum Gasteiger partial charge on any atom is -0.394 e. The Morgan fingerprint density at radius 2 is 2.08 bits per heavy atom. The topological polar surface area (TPSA) is 120 Å². The fraction of sp³-hybridized carbons (Fsp3) is 0.333.